The molecule has 3 rings (SSSR count). The van der Waals surface area contributed by atoms with Gasteiger partial charge in [0.1, 0.15) is 0 Å². The van der Waals surface area contributed by atoms with Gasteiger partial charge in [0.05, 0.1) is 0 Å². The fourth-order valence-electron chi connectivity index (χ4n) is 3.08. The minimum atomic E-state index is -0.509. The molecule has 1 fully saturated rings. The Bertz CT molecular complexity index is 842. The van der Waals surface area contributed by atoms with Crippen molar-refractivity contribution in [1.29, 1.82) is 0 Å². The maximum absolute atomic E-state index is 12.5. The number of amides is 3. The van der Waals surface area contributed by atoms with Crippen LogP contribution in [0, 0.1) is 5.92 Å². The van der Waals surface area contributed by atoms with Crippen molar-refractivity contribution < 1.29 is 14.4 Å². The summed E-state index contributed by atoms with van der Waals surface area (Å²) in [6.45, 7) is 1.06. The van der Waals surface area contributed by atoms with Crippen LogP contribution in [-0.2, 0) is 4.79 Å². The number of likely N-dealkylation sites (tertiary alicyclic amines) is 1. The van der Waals surface area contributed by atoms with Crippen molar-refractivity contribution >= 4 is 35.0 Å². The molecule has 3 amide bonds. The Kier molecular flexibility index (Phi) is 5.76. The van der Waals surface area contributed by atoms with Crippen LogP contribution < -0.4 is 11.1 Å². The molecule has 0 unspecified atom stereocenters. The van der Waals surface area contributed by atoms with Gasteiger partial charge in [-0.1, -0.05) is 11.6 Å². The Morgan fingerprint density at radius 1 is 0.926 bits per heavy atom. The Hall–Kier alpha value is -2.86. The summed E-state index contributed by atoms with van der Waals surface area (Å²) in [5, 5.41) is 3.44. The molecule has 1 heterocycles. The van der Waals surface area contributed by atoms with Crippen LogP contribution in [0.15, 0.2) is 48.5 Å². The second-order valence-corrected chi connectivity index (χ2v) is 6.94. The van der Waals surface area contributed by atoms with E-state index >= 15 is 0 Å². The van der Waals surface area contributed by atoms with E-state index in [1.165, 1.54) is 0 Å². The van der Waals surface area contributed by atoms with E-state index in [4.69, 9.17) is 17.3 Å². The number of anilines is 1. The van der Waals surface area contributed by atoms with E-state index in [0.29, 0.717) is 47.8 Å². The van der Waals surface area contributed by atoms with Gasteiger partial charge in [0.25, 0.3) is 5.91 Å². The molecule has 140 valence electrons. The number of halogens is 1. The van der Waals surface area contributed by atoms with Gasteiger partial charge in [0, 0.05) is 40.8 Å². The Labute approximate surface area is 162 Å². The zero-order valence-corrected chi connectivity index (χ0v) is 15.4. The molecule has 0 atom stereocenters. The van der Waals surface area contributed by atoms with Crippen LogP contribution in [-0.4, -0.2) is 35.7 Å². The molecule has 0 saturated carbocycles. The fourth-order valence-corrected chi connectivity index (χ4v) is 3.21. The van der Waals surface area contributed by atoms with Gasteiger partial charge in [-0.3, -0.25) is 14.4 Å². The van der Waals surface area contributed by atoms with Gasteiger partial charge in [-0.05, 0) is 61.4 Å². The lowest BCUT2D eigenvalue weighted by molar-refractivity contribution is -0.121. The molecule has 1 aliphatic heterocycles. The van der Waals surface area contributed by atoms with Crippen LogP contribution in [0.4, 0.5) is 5.69 Å². The lowest BCUT2D eigenvalue weighted by Crippen LogP contribution is -2.41. The molecule has 0 bridgehead atoms. The van der Waals surface area contributed by atoms with Crippen LogP contribution in [0.1, 0.15) is 33.6 Å². The molecular weight excluding hydrogens is 366 g/mol. The third kappa shape index (κ3) is 4.65. The maximum atomic E-state index is 12.5. The van der Waals surface area contributed by atoms with Crippen LogP contribution in [0.5, 0.6) is 0 Å². The van der Waals surface area contributed by atoms with Gasteiger partial charge >= 0.3 is 0 Å². The summed E-state index contributed by atoms with van der Waals surface area (Å²) in [6.07, 6.45) is 1.20. The average Bonchev–Trinajstić information content (AvgIpc) is 2.68. The second-order valence-electron chi connectivity index (χ2n) is 6.50. The number of nitrogens with zero attached hydrogens (tertiary/aromatic N) is 1. The number of benzene rings is 2. The third-order valence-electron chi connectivity index (χ3n) is 4.68. The summed E-state index contributed by atoms with van der Waals surface area (Å²) < 4.78 is 0. The van der Waals surface area contributed by atoms with E-state index in [1.807, 2.05) is 0 Å². The quantitative estimate of drug-likeness (QED) is 0.847. The highest BCUT2D eigenvalue weighted by Crippen LogP contribution is 2.22. The molecule has 27 heavy (non-hydrogen) atoms. The maximum Gasteiger partial charge on any atom is 0.253 e. The molecule has 6 nitrogen and oxygen atoms in total. The molecule has 2 aromatic carbocycles. The predicted molar refractivity (Wildman–Crippen MR) is 104 cm³/mol. The van der Waals surface area contributed by atoms with Gasteiger partial charge in [-0.25, -0.2) is 0 Å². The summed E-state index contributed by atoms with van der Waals surface area (Å²) in [5.74, 6) is -0.798. The van der Waals surface area contributed by atoms with Gasteiger partial charge in [0.15, 0.2) is 0 Å². The van der Waals surface area contributed by atoms with Crippen LogP contribution in [0.25, 0.3) is 0 Å². The topological polar surface area (TPSA) is 92.5 Å². The van der Waals surface area contributed by atoms with E-state index in [9.17, 15) is 14.4 Å². The Morgan fingerprint density at radius 2 is 1.48 bits per heavy atom. The Balaban J connectivity index is 1.53. The number of rotatable bonds is 4. The summed E-state index contributed by atoms with van der Waals surface area (Å²) in [7, 11) is 0. The highest BCUT2D eigenvalue weighted by Gasteiger charge is 2.27. The SMILES string of the molecule is NC(=O)c1ccc(NC(=O)C2CCN(C(=O)c3ccc(Cl)cc3)CC2)cc1. The third-order valence-corrected chi connectivity index (χ3v) is 4.93. The summed E-state index contributed by atoms with van der Waals surface area (Å²) in [6, 6.07) is 13.3. The molecule has 1 saturated heterocycles. The van der Waals surface area contributed by atoms with Crippen molar-refractivity contribution in [2.75, 3.05) is 18.4 Å². The van der Waals surface area contributed by atoms with E-state index in [1.54, 1.807) is 53.4 Å². The molecule has 2 aromatic rings. The monoisotopic (exact) mass is 385 g/mol. The van der Waals surface area contributed by atoms with Gasteiger partial charge in [-0.2, -0.15) is 0 Å². The first-order valence-electron chi connectivity index (χ1n) is 8.69. The average molecular weight is 386 g/mol. The predicted octanol–water partition coefficient (Wildman–Crippen LogP) is 2.93. The van der Waals surface area contributed by atoms with Gasteiger partial charge in [-0.15, -0.1) is 0 Å². The highest BCUT2D eigenvalue weighted by atomic mass is 35.5. The van der Waals surface area contributed by atoms with E-state index in [2.05, 4.69) is 5.32 Å². The zero-order valence-electron chi connectivity index (χ0n) is 14.7. The van der Waals surface area contributed by atoms with Crippen LogP contribution in [0.3, 0.4) is 0 Å². The van der Waals surface area contributed by atoms with Crippen molar-refractivity contribution in [1.82, 2.24) is 4.90 Å². The van der Waals surface area contributed by atoms with Gasteiger partial charge < -0.3 is 16.0 Å². The minimum absolute atomic E-state index is 0.0486. The number of carbonyl (C=O) groups excluding carboxylic acids is 3. The summed E-state index contributed by atoms with van der Waals surface area (Å²) in [4.78, 5) is 37.8. The van der Waals surface area contributed by atoms with Crippen molar-refractivity contribution in [3.63, 3.8) is 0 Å². The number of hydrogen-bond donors (Lipinski definition) is 2. The molecule has 0 aliphatic carbocycles. The highest BCUT2D eigenvalue weighted by molar-refractivity contribution is 6.30. The van der Waals surface area contributed by atoms with Crippen molar-refractivity contribution in [3.8, 4) is 0 Å². The van der Waals surface area contributed by atoms with Crippen LogP contribution >= 0.6 is 11.6 Å². The first kappa shape index (κ1) is 18.9. The van der Waals surface area contributed by atoms with E-state index in [-0.39, 0.29) is 17.7 Å². The van der Waals surface area contributed by atoms with Crippen molar-refractivity contribution in [3.05, 3.63) is 64.7 Å². The van der Waals surface area contributed by atoms with E-state index in [0.717, 1.165) is 0 Å². The molecule has 0 aromatic heterocycles. The van der Waals surface area contributed by atoms with Crippen LogP contribution in [0.2, 0.25) is 5.02 Å². The summed E-state index contributed by atoms with van der Waals surface area (Å²) in [5.41, 5.74) is 6.80. The molecule has 0 spiro atoms. The zero-order chi connectivity index (χ0) is 19.4. The normalized spacial score (nSPS) is 14.6. The lowest BCUT2D eigenvalue weighted by Gasteiger charge is -2.31. The van der Waals surface area contributed by atoms with Crippen molar-refractivity contribution in [2.45, 2.75) is 12.8 Å². The number of piperidine rings is 1. The van der Waals surface area contributed by atoms with Crippen molar-refractivity contribution in [2.24, 2.45) is 11.7 Å². The smallest absolute Gasteiger partial charge is 0.253 e. The molecule has 0 radical (unpaired) electrons. The second kappa shape index (κ2) is 8.22. The number of nitrogens with one attached hydrogen (secondary N) is 1. The standard InChI is InChI=1S/C20H20ClN3O3/c21-16-5-1-15(2-6-16)20(27)24-11-9-14(10-12-24)19(26)23-17-7-3-13(4-8-17)18(22)25/h1-8,14H,9-12H2,(H2,22,25)(H,23,26). The molecule has 1 aliphatic rings. The number of nitrogens with two attached hydrogens (primary N) is 1. The van der Waals surface area contributed by atoms with Gasteiger partial charge in [0.2, 0.25) is 11.8 Å². The number of primary amides is 1. The first-order chi connectivity index (χ1) is 12.9. The number of carbonyl (C=O) groups is 3. The molecule has 3 N–H and O–H groups in total. The first-order valence-corrected chi connectivity index (χ1v) is 9.07. The largest absolute Gasteiger partial charge is 0.366 e. The lowest BCUT2D eigenvalue weighted by atomic mass is 9.95. The molecular formula is C20H20ClN3O3. The number of hydrogen-bond acceptors (Lipinski definition) is 3. The fraction of sp³-hybridized carbons (Fsp3) is 0.250. The minimum Gasteiger partial charge on any atom is -0.366 e. The Morgan fingerprint density at radius 3 is 2.04 bits per heavy atom. The molecule has 7 heteroatoms. The summed E-state index contributed by atoms with van der Waals surface area (Å²) >= 11 is 5.85. The van der Waals surface area contributed by atoms with E-state index < -0.39 is 5.91 Å².